The molecule has 0 atom stereocenters. The lowest BCUT2D eigenvalue weighted by atomic mass is 10.1. The van der Waals surface area contributed by atoms with Crippen molar-refractivity contribution in [1.29, 1.82) is 0 Å². The smallest absolute Gasteiger partial charge is 0.416 e. The van der Waals surface area contributed by atoms with Crippen LogP contribution in [-0.4, -0.2) is 14.7 Å². The minimum absolute atomic E-state index is 0.275. The Morgan fingerprint density at radius 1 is 1.29 bits per heavy atom. The van der Waals surface area contributed by atoms with Gasteiger partial charge in [0.1, 0.15) is 0 Å². The first-order chi connectivity index (χ1) is 7.61. The number of benzene rings is 1. The second kappa shape index (κ2) is 4.40. The molecule has 3 nitrogen and oxygen atoms in total. The zero-order valence-electron chi connectivity index (χ0n) is 8.65. The molecule has 0 aromatic heterocycles. The Morgan fingerprint density at radius 3 is 2.29 bits per heavy atom. The lowest BCUT2D eigenvalue weighted by molar-refractivity contribution is -0.244. The highest BCUT2D eigenvalue weighted by Crippen LogP contribution is 2.33. The second-order valence-electron chi connectivity index (χ2n) is 3.35. The van der Waals surface area contributed by atoms with Crippen LogP contribution in [0.1, 0.15) is 11.1 Å². The first kappa shape index (κ1) is 13.6. The predicted octanol–water partition coefficient (Wildman–Crippen LogP) is 1.41. The fourth-order valence-corrected chi connectivity index (χ4v) is 1.72. The summed E-state index contributed by atoms with van der Waals surface area (Å²) in [5.74, 6) is -1.18. The molecule has 0 unspecified atom stereocenters. The van der Waals surface area contributed by atoms with Crippen LogP contribution in [0.2, 0.25) is 0 Å². The Bertz CT molecular complexity index is 544. The van der Waals surface area contributed by atoms with E-state index >= 15 is 0 Å². The Morgan fingerprint density at radius 2 is 1.82 bits per heavy atom. The van der Waals surface area contributed by atoms with Crippen molar-refractivity contribution in [2.45, 2.75) is 6.18 Å². The highest BCUT2D eigenvalue weighted by molar-refractivity contribution is 7.93. The van der Waals surface area contributed by atoms with Gasteiger partial charge in [-0.05, 0) is 11.6 Å². The van der Waals surface area contributed by atoms with E-state index in [0.29, 0.717) is 0 Å². The van der Waals surface area contributed by atoms with Crippen molar-refractivity contribution in [3.63, 3.8) is 0 Å². The number of hydrogen-bond donors (Lipinski definition) is 0. The molecule has 1 aromatic carbocycles. The van der Waals surface area contributed by atoms with Crippen LogP contribution in [0.3, 0.4) is 0 Å². The largest absolute Gasteiger partial charge is 0.872 e. The number of rotatable bonds is 2. The summed E-state index contributed by atoms with van der Waals surface area (Å²) in [6.07, 6.45) is -3.96. The first-order valence-corrected chi connectivity index (χ1v) is 6.32. The summed E-state index contributed by atoms with van der Waals surface area (Å²) in [5.41, 5.74) is -1.82. The zero-order valence-corrected chi connectivity index (χ0v) is 9.47. The van der Waals surface area contributed by atoms with Crippen LogP contribution in [-0.2, 0) is 16.0 Å². The molecular formula is C10H8F3O3S-. The van der Waals surface area contributed by atoms with Crippen molar-refractivity contribution in [3.8, 4) is 0 Å². The molecule has 0 N–H and O–H groups in total. The van der Waals surface area contributed by atoms with Crippen LogP contribution in [0.5, 0.6) is 0 Å². The molecule has 0 saturated carbocycles. The normalized spacial score (nSPS) is 13.8. The molecule has 0 spiro atoms. The van der Waals surface area contributed by atoms with Gasteiger partial charge in [-0.3, -0.25) is 0 Å². The fourth-order valence-electron chi connectivity index (χ4n) is 1.20. The number of hydrogen-bond acceptors (Lipinski definition) is 3. The molecule has 1 rings (SSSR count). The third-order valence-corrected chi connectivity index (χ3v) is 2.46. The number of halogens is 3. The molecule has 0 saturated heterocycles. The van der Waals surface area contributed by atoms with Crippen LogP contribution in [0, 0.1) is 0 Å². The Labute approximate surface area is 96.1 Å². The fraction of sp³-hybridized carbons (Fsp3) is 0.200. The van der Waals surface area contributed by atoms with Crippen molar-refractivity contribution in [3.05, 3.63) is 40.8 Å². The molecule has 0 aliphatic carbocycles. The molecule has 7 heteroatoms. The summed E-state index contributed by atoms with van der Waals surface area (Å²) < 4.78 is 59.2. The molecule has 1 aromatic rings. The van der Waals surface area contributed by atoms with E-state index in [0.717, 1.165) is 24.5 Å². The Kier molecular flexibility index (Phi) is 3.51. The van der Waals surface area contributed by atoms with Gasteiger partial charge in [-0.1, -0.05) is 24.0 Å². The van der Waals surface area contributed by atoms with Crippen LogP contribution in [0.25, 0.3) is 5.76 Å². The van der Waals surface area contributed by atoms with Gasteiger partial charge in [0, 0.05) is 11.7 Å². The Hall–Kier alpha value is -1.50. The van der Waals surface area contributed by atoms with Gasteiger partial charge in [0.15, 0.2) is 9.84 Å². The van der Waals surface area contributed by atoms with E-state index in [2.05, 4.69) is 0 Å². The van der Waals surface area contributed by atoms with E-state index in [1.54, 1.807) is 0 Å². The highest BCUT2D eigenvalue weighted by Gasteiger charge is 2.32. The summed E-state index contributed by atoms with van der Waals surface area (Å²) in [4.78, 5) is 0. The molecule has 0 fully saturated rings. The number of sulfone groups is 1. The maximum Gasteiger partial charge on any atom is 0.416 e. The van der Waals surface area contributed by atoms with Crippen molar-refractivity contribution < 1.29 is 26.7 Å². The summed E-state index contributed by atoms with van der Waals surface area (Å²) in [6, 6.07) is 4.02. The molecule has 0 amide bonds. The monoisotopic (exact) mass is 265 g/mol. The average Bonchev–Trinajstić information content (AvgIpc) is 2.13. The minimum atomic E-state index is -4.70. The summed E-state index contributed by atoms with van der Waals surface area (Å²) in [6.45, 7) is 0. The number of alkyl halides is 3. The van der Waals surface area contributed by atoms with Gasteiger partial charge in [-0.25, -0.2) is 8.42 Å². The molecular weight excluding hydrogens is 257 g/mol. The van der Waals surface area contributed by atoms with E-state index in [1.807, 2.05) is 0 Å². The van der Waals surface area contributed by atoms with Crippen LogP contribution in [0.4, 0.5) is 13.2 Å². The lowest BCUT2D eigenvalue weighted by Crippen LogP contribution is -2.13. The van der Waals surface area contributed by atoms with Crippen LogP contribution in [0.15, 0.2) is 29.7 Å². The standard InChI is InChI=1S/C10H9F3O3S/c1-17(15,16)6-9(14)7-4-2-3-5-8(7)10(11,12)13/h2-6,14H,1H3/p-1/b9-6-. The van der Waals surface area contributed by atoms with Gasteiger partial charge in [0.05, 0.1) is 5.56 Å². The molecule has 0 heterocycles. The second-order valence-corrected chi connectivity index (χ2v) is 5.25. The zero-order chi connectivity index (χ0) is 13.3. The third-order valence-electron chi connectivity index (χ3n) is 1.82. The predicted molar refractivity (Wildman–Crippen MR) is 54.3 cm³/mol. The van der Waals surface area contributed by atoms with Gasteiger partial charge in [-0.15, -0.1) is 0 Å². The van der Waals surface area contributed by atoms with E-state index in [4.69, 9.17) is 0 Å². The van der Waals surface area contributed by atoms with Gasteiger partial charge in [-0.2, -0.15) is 13.2 Å². The van der Waals surface area contributed by atoms with Crippen molar-refractivity contribution in [2.75, 3.05) is 6.26 Å². The average molecular weight is 265 g/mol. The minimum Gasteiger partial charge on any atom is -0.872 e. The Balaban J connectivity index is 3.39. The maximum atomic E-state index is 12.5. The summed E-state index contributed by atoms with van der Waals surface area (Å²) in [7, 11) is -3.78. The third kappa shape index (κ3) is 3.77. The first-order valence-electron chi connectivity index (χ1n) is 4.36. The summed E-state index contributed by atoms with van der Waals surface area (Å²) in [5, 5.41) is 11.7. The van der Waals surface area contributed by atoms with E-state index in [9.17, 15) is 26.7 Å². The van der Waals surface area contributed by atoms with Crippen LogP contribution >= 0.6 is 0 Å². The topological polar surface area (TPSA) is 57.2 Å². The highest BCUT2D eigenvalue weighted by atomic mass is 32.2. The van der Waals surface area contributed by atoms with Gasteiger partial charge < -0.3 is 5.11 Å². The van der Waals surface area contributed by atoms with Gasteiger partial charge in [0.2, 0.25) is 0 Å². The molecule has 0 aliphatic heterocycles. The molecule has 94 valence electrons. The van der Waals surface area contributed by atoms with E-state index in [-0.39, 0.29) is 5.41 Å². The maximum absolute atomic E-state index is 12.5. The molecule has 0 aliphatic rings. The van der Waals surface area contributed by atoms with Gasteiger partial charge in [0.25, 0.3) is 0 Å². The van der Waals surface area contributed by atoms with Crippen molar-refractivity contribution in [1.82, 2.24) is 0 Å². The van der Waals surface area contributed by atoms with Crippen LogP contribution < -0.4 is 5.11 Å². The lowest BCUT2D eigenvalue weighted by Gasteiger charge is -2.18. The van der Waals surface area contributed by atoms with E-state index in [1.165, 1.54) is 6.07 Å². The SMILES string of the molecule is CS(=O)(=O)/C=C(\[O-])c1ccccc1C(F)(F)F. The molecule has 0 radical (unpaired) electrons. The van der Waals surface area contributed by atoms with Crippen molar-refractivity contribution >= 4 is 15.6 Å². The summed E-state index contributed by atoms with van der Waals surface area (Å²) >= 11 is 0. The van der Waals surface area contributed by atoms with E-state index < -0.39 is 32.9 Å². The molecule has 0 bridgehead atoms. The van der Waals surface area contributed by atoms with Gasteiger partial charge >= 0.3 is 6.18 Å². The molecule has 17 heavy (non-hydrogen) atoms. The van der Waals surface area contributed by atoms with Crippen molar-refractivity contribution in [2.24, 2.45) is 0 Å². The quantitative estimate of drug-likeness (QED) is 0.760.